The first kappa shape index (κ1) is 11.5. The number of benzene rings is 1. The van der Waals surface area contributed by atoms with E-state index >= 15 is 0 Å². The zero-order chi connectivity index (χ0) is 12.4. The maximum Gasteiger partial charge on any atom is 0.201 e. The minimum absolute atomic E-state index is 0.0649. The molecule has 96 valence electrons. The van der Waals surface area contributed by atoms with Crippen molar-refractivity contribution < 1.29 is 9.84 Å². The molecule has 1 fully saturated rings. The van der Waals surface area contributed by atoms with Crippen molar-refractivity contribution in [3.05, 3.63) is 29.8 Å². The number of para-hydroxylation sites is 1. The molecule has 1 aromatic carbocycles. The Bertz CT molecular complexity index is 453. The van der Waals surface area contributed by atoms with Crippen LogP contribution in [-0.4, -0.2) is 30.2 Å². The molecular weight excluding hydrogens is 228 g/mol. The number of aromatic hydroxyl groups is 1. The SMILES string of the molecule is Oc1ccccc1C1COC(C2CCCCN2)=N1. The van der Waals surface area contributed by atoms with Gasteiger partial charge in [-0.05, 0) is 25.5 Å². The number of phenolic OH excluding ortho intramolecular Hbond substituents is 1. The number of hydrogen-bond donors (Lipinski definition) is 2. The van der Waals surface area contributed by atoms with Crippen LogP contribution >= 0.6 is 0 Å². The molecule has 0 saturated carbocycles. The zero-order valence-corrected chi connectivity index (χ0v) is 10.3. The maximum absolute atomic E-state index is 9.83. The van der Waals surface area contributed by atoms with Crippen molar-refractivity contribution in [1.82, 2.24) is 5.32 Å². The quantitative estimate of drug-likeness (QED) is 0.839. The second kappa shape index (κ2) is 4.98. The van der Waals surface area contributed by atoms with E-state index in [4.69, 9.17) is 4.74 Å². The lowest BCUT2D eigenvalue weighted by Gasteiger charge is -2.22. The number of piperidine rings is 1. The van der Waals surface area contributed by atoms with Gasteiger partial charge in [-0.25, -0.2) is 4.99 Å². The summed E-state index contributed by atoms with van der Waals surface area (Å²) in [5.41, 5.74) is 0.850. The fraction of sp³-hybridized carbons (Fsp3) is 0.500. The molecule has 0 spiro atoms. The molecule has 0 bridgehead atoms. The predicted molar refractivity (Wildman–Crippen MR) is 69.9 cm³/mol. The molecule has 18 heavy (non-hydrogen) atoms. The van der Waals surface area contributed by atoms with Crippen LogP contribution in [0.5, 0.6) is 5.75 Å². The van der Waals surface area contributed by atoms with Gasteiger partial charge in [-0.2, -0.15) is 0 Å². The third-order valence-electron chi connectivity index (χ3n) is 3.58. The number of phenols is 1. The molecule has 0 aliphatic carbocycles. The average molecular weight is 246 g/mol. The minimum atomic E-state index is -0.0649. The molecule has 2 heterocycles. The molecule has 0 amide bonds. The van der Waals surface area contributed by atoms with Gasteiger partial charge in [-0.1, -0.05) is 24.6 Å². The number of nitrogens with one attached hydrogen (secondary N) is 1. The van der Waals surface area contributed by atoms with Crippen LogP contribution in [0.1, 0.15) is 30.9 Å². The highest BCUT2D eigenvalue weighted by molar-refractivity contribution is 5.83. The van der Waals surface area contributed by atoms with E-state index in [1.807, 2.05) is 18.2 Å². The van der Waals surface area contributed by atoms with E-state index in [2.05, 4.69) is 10.3 Å². The number of rotatable bonds is 2. The van der Waals surface area contributed by atoms with Crippen LogP contribution < -0.4 is 5.32 Å². The smallest absolute Gasteiger partial charge is 0.201 e. The third-order valence-corrected chi connectivity index (χ3v) is 3.58. The van der Waals surface area contributed by atoms with E-state index in [9.17, 15) is 5.11 Å². The van der Waals surface area contributed by atoms with Gasteiger partial charge in [0.1, 0.15) is 18.4 Å². The second-order valence-electron chi connectivity index (χ2n) is 4.86. The summed E-state index contributed by atoms with van der Waals surface area (Å²) < 4.78 is 5.69. The van der Waals surface area contributed by atoms with Crippen LogP contribution in [0, 0.1) is 0 Å². The number of ether oxygens (including phenoxy) is 1. The van der Waals surface area contributed by atoms with Gasteiger partial charge in [0.25, 0.3) is 0 Å². The van der Waals surface area contributed by atoms with E-state index in [0.29, 0.717) is 12.4 Å². The van der Waals surface area contributed by atoms with E-state index in [-0.39, 0.29) is 12.1 Å². The Morgan fingerprint density at radius 3 is 2.94 bits per heavy atom. The number of hydrogen-bond acceptors (Lipinski definition) is 4. The summed E-state index contributed by atoms with van der Waals surface area (Å²) in [6.45, 7) is 1.57. The highest BCUT2D eigenvalue weighted by atomic mass is 16.5. The Hall–Kier alpha value is -1.55. The summed E-state index contributed by atoms with van der Waals surface area (Å²) in [7, 11) is 0. The predicted octanol–water partition coefficient (Wildman–Crippen LogP) is 2.00. The maximum atomic E-state index is 9.83. The molecule has 4 heteroatoms. The third kappa shape index (κ3) is 2.20. The Kier molecular flexibility index (Phi) is 3.19. The normalized spacial score (nSPS) is 27.7. The molecule has 0 radical (unpaired) electrons. The molecule has 2 atom stereocenters. The Labute approximate surface area is 107 Å². The first-order valence-electron chi connectivity index (χ1n) is 6.56. The molecule has 3 rings (SSSR count). The number of aliphatic imine (C=N–C) groups is 1. The largest absolute Gasteiger partial charge is 0.508 e. The van der Waals surface area contributed by atoms with Crippen LogP contribution in [0.25, 0.3) is 0 Å². The second-order valence-corrected chi connectivity index (χ2v) is 4.86. The fourth-order valence-corrected chi connectivity index (χ4v) is 2.57. The van der Waals surface area contributed by atoms with Gasteiger partial charge in [0.2, 0.25) is 5.90 Å². The van der Waals surface area contributed by atoms with Crippen LogP contribution in [0.15, 0.2) is 29.3 Å². The molecule has 1 aromatic rings. The summed E-state index contributed by atoms with van der Waals surface area (Å²) in [4.78, 5) is 4.61. The van der Waals surface area contributed by atoms with Crippen molar-refractivity contribution in [2.75, 3.05) is 13.2 Å². The molecule has 2 unspecified atom stereocenters. The summed E-state index contributed by atoms with van der Waals surface area (Å²) in [6.07, 6.45) is 3.54. The molecule has 1 saturated heterocycles. The Morgan fingerprint density at radius 1 is 1.28 bits per heavy atom. The van der Waals surface area contributed by atoms with Crippen molar-refractivity contribution >= 4 is 5.90 Å². The standard InChI is InChI=1S/C14H18N2O2/c17-13-7-2-1-5-10(13)12-9-18-14(16-12)11-6-3-4-8-15-11/h1-2,5,7,11-12,15,17H,3-4,6,8-9H2. The van der Waals surface area contributed by atoms with Crippen molar-refractivity contribution in [2.45, 2.75) is 31.3 Å². The van der Waals surface area contributed by atoms with E-state index in [1.165, 1.54) is 12.8 Å². The van der Waals surface area contributed by atoms with Gasteiger partial charge >= 0.3 is 0 Å². The van der Waals surface area contributed by atoms with Crippen molar-refractivity contribution in [3.63, 3.8) is 0 Å². The first-order valence-corrected chi connectivity index (χ1v) is 6.56. The first-order chi connectivity index (χ1) is 8.84. The lowest BCUT2D eigenvalue weighted by atomic mass is 10.0. The van der Waals surface area contributed by atoms with Gasteiger partial charge in [0, 0.05) is 5.56 Å². The van der Waals surface area contributed by atoms with E-state index in [0.717, 1.165) is 24.4 Å². The van der Waals surface area contributed by atoms with E-state index < -0.39 is 0 Å². The summed E-state index contributed by atoms with van der Waals surface area (Å²) >= 11 is 0. The van der Waals surface area contributed by atoms with Crippen molar-refractivity contribution in [2.24, 2.45) is 4.99 Å². The Balaban J connectivity index is 1.77. The highest BCUT2D eigenvalue weighted by Crippen LogP contribution is 2.30. The summed E-state index contributed by atoms with van der Waals surface area (Å²) in [5, 5.41) is 13.3. The van der Waals surface area contributed by atoms with Gasteiger partial charge < -0.3 is 15.2 Å². The van der Waals surface area contributed by atoms with Crippen LogP contribution in [0.2, 0.25) is 0 Å². The molecule has 4 nitrogen and oxygen atoms in total. The molecule has 2 aliphatic heterocycles. The van der Waals surface area contributed by atoms with Crippen molar-refractivity contribution in [3.8, 4) is 5.75 Å². The number of nitrogens with zero attached hydrogens (tertiary/aromatic N) is 1. The van der Waals surface area contributed by atoms with Gasteiger partial charge in [-0.3, -0.25) is 0 Å². The fourth-order valence-electron chi connectivity index (χ4n) is 2.57. The summed E-state index contributed by atoms with van der Waals surface area (Å²) in [6, 6.07) is 7.54. The van der Waals surface area contributed by atoms with E-state index in [1.54, 1.807) is 6.07 Å². The highest BCUT2D eigenvalue weighted by Gasteiger charge is 2.28. The lowest BCUT2D eigenvalue weighted by Crippen LogP contribution is -2.40. The Morgan fingerprint density at radius 2 is 2.17 bits per heavy atom. The minimum Gasteiger partial charge on any atom is -0.508 e. The topological polar surface area (TPSA) is 53.9 Å². The molecule has 2 aliphatic rings. The van der Waals surface area contributed by atoms with Crippen LogP contribution in [-0.2, 0) is 4.74 Å². The van der Waals surface area contributed by atoms with Gasteiger partial charge in [0.05, 0.1) is 6.04 Å². The summed E-state index contributed by atoms with van der Waals surface area (Å²) in [5.74, 6) is 1.11. The zero-order valence-electron chi connectivity index (χ0n) is 10.3. The van der Waals surface area contributed by atoms with Crippen LogP contribution in [0.3, 0.4) is 0 Å². The monoisotopic (exact) mass is 246 g/mol. The lowest BCUT2D eigenvalue weighted by molar-refractivity contribution is 0.291. The van der Waals surface area contributed by atoms with Gasteiger partial charge in [0.15, 0.2) is 0 Å². The molecular formula is C14H18N2O2. The molecule has 0 aromatic heterocycles. The molecule has 2 N–H and O–H groups in total. The average Bonchev–Trinajstić information content (AvgIpc) is 2.90. The van der Waals surface area contributed by atoms with Crippen molar-refractivity contribution in [1.29, 1.82) is 0 Å². The van der Waals surface area contributed by atoms with Crippen LogP contribution in [0.4, 0.5) is 0 Å². The van der Waals surface area contributed by atoms with Gasteiger partial charge in [-0.15, -0.1) is 0 Å².